The van der Waals surface area contributed by atoms with Crippen molar-refractivity contribution >= 4 is 46.4 Å². The number of amides is 4. The van der Waals surface area contributed by atoms with E-state index in [1.165, 1.54) is 12.5 Å². The topological polar surface area (TPSA) is 167 Å². The first-order valence-electron chi connectivity index (χ1n) is 11.9. The largest absolute Gasteiger partial charge is 0.459 e. The first-order chi connectivity index (χ1) is 19.3. The van der Waals surface area contributed by atoms with Crippen LogP contribution in [0.3, 0.4) is 0 Å². The molecule has 4 N–H and O–H groups in total. The van der Waals surface area contributed by atoms with Crippen LogP contribution in [0.5, 0.6) is 0 Å². The zero-order chi connectivity index (χ0) is 28.5. The zero-order valence-electron chi connectivity index (χ0n) is 21.4. The molecule has 4 rings (SSSR count). The van der Waals surface area contributed by atoms with Gasteiger partial charge in [-0.3, -0.25) is 19.2 Å². The SMILES string of the molecule is C/C(=N\NC(=O)C(=O)N/N=C(\C)c1ccc(NC(=O)c2ccco2)cc1)c1ccc(NC(=O)c2ccco2)cc1. The Hall–Kier alpha value is -5.78. The van der Waals surface area contributed by atoms with Crippen LogP contribution in [0, 0.1) is 0 Å². The van der Waals surface area contributed by atoms with Crippen LogP contribution in [0.1, 0.15) is 46.1 Å². The summed E-state index contributed by atoms with van der Waals surface area (Å²) in [6.45, 7) is 3.30. The van der Waals surface area contributed by atoms with Gasteiger partial charge in [0, 0.05) is 11.4 Å². The number of hydrogen-bond acceptors (Lipinski definition) is 8. The Bertz CT molecular complexity index is 1430. The van der Waals surface area contributed by atoms with Crippen molar-refractivity contribution in [1.82, 2.24) is 10.9 Å². The summed E-state index contributed by atoms with van der Waals surface area (Å²) in [5, 5.41) is 13.3. The van der Waals surface area contributed by atoms with Crippen LogP contribution < -0.4 is 21.5 Å². The second kappa shape index (κ2) is 12.6. The van der Waals surface area contributed by atoms with Gasteiger partial charge >= 0.3 is 11.8 Å². The molecule has 0 aliphatic carbocycles. The van der Waals surface area contributed by atoms with E-state index in [1.54, 1.807) is 86.6 Å². The third kappa shape index (κ3) is 7.16. The highest BCUT2D eigenvalue weighted by molar-refractivity contribution is 6.35. The van der Waals surface area contributed by atoms with Crippen LogP contribution in [-0.2, 0) is 9.59 Å². The molecule has 202 valence electrons. The summed E-state index contributed by atoms with van der Waals surface area (Å²) in [6, 6.07) is 19.8. The molecular weight excluding hydrogens is 516 g/mol. The van der Waals surface area contributed by atoms with Gasteiger partial charge in [-0.05, 0) is 73.5 Å². The van der Waals surface area contributed by atoms with E-state index in [2.05, 4.69) is 31.7 Å². The Labute approximate surface area is 228 Å². The van der Waals surface area contributed by atoms with Crippen molar-refractivity contribution in [2.75, 3.05) is 10.6 Å². The average Bonchev–Trinajstić information content (AvgIpc) is 3.70. The molecule has 0 spiro atoms. The van der Waals surface area contributed by atoms with Crippen molar-refractivity contribution in [3.8, 4) is 0 Å². The van der Waals surface area contributed by atoms with E-state index in [1.807, 2.05) is 0 Å². The van der Waals surface area contributed by atoms with Crippen LogP contribution >= 0.6 is 0 Å². The van der Waals surface area contributed by atoms with Crippen LogP contribution in [0.25, 0.3) is 0 Å². The lowest BCUT2D eigenvalue weighted by Crippen LogP contribution is -2.36. The fourth-order valence-electron chi connectivity index (χ4n) is 3.29. The molecule has 2 aromatic heterocycles. The molecule has 0 saturated carbocycles. The Morgan fingerprint density at radius 3 is 1.27 bits per heavy atom. The quantitative estimate of drug-likeness (QED) is 0.151. The third-order valence-corrected chi connectivity index (χ3v) is 5.47. The molecule has 0 aliphatic rings. The minimum atomic E-state index is -1.01. The molecule has 0 unspecified atom stereocenters. The van der Waals surface area contributed by atoms with E-state index in [0.717, 1.165) is 0 Å². The maximum atomic E-state index is 12.2. The second-order valence-corrected chi connectivity index (χ2v) is 8.29. The number of hydrazone groups is 2. The summed E-state index contributed by atoms with van der Waals surface area (Å²) in [5.41, 5.74) is 7.65. The Kier molecular flexibility index (Phi) is 8.62. The Balaban J connectivity index is 1.26. The van der Waals surface area contributed by atoms with Crippen molar-refractivity contribution in [2.24, 2.45) is 10.2 Å². The first kappa shape index (κ1) is 27.3. The van der Waals surface area contributed by atoms with E-state index in [-0.39, 0.29) is 23.3 Å². The fraction of sp³-hybridized carbons (Fsp3) is 0.0714. The number of carbonyl (C=O) groups is 4. The van der Waals surface area contributed by atoms with Gasteiger partial charge in [0.2, 0.25) is 0 Å². The molecule has 4 amide bonds. The van der Waals surface area contributed by atoms with Gasteiger partial charge in [0.15, 0.2) is 11.5 Å². The van der Waals surface area contributed by atoms with Gasteiger partial charge in [0.05, 0.1) is 23.9 Å². The van der Waals surface area contributed by atoms with Crippen LogP contribution in [0.2, 0.25) is 0 Å². The summed E-state index contributed by atoms with van der Waals surface area (Å²) >= 11 is 0. The molecule has 0 saturated heterocycles. The lowest BCUT2D eigenvalue weighted by molar-refractivity contribution is -0.139. The molecule has 0 radical (unpaired) electrons. The van der Waals surface area contributed by atoms with Crippen molar-refractivity contribution in [2.45, 2.75) is 13.8 Å². The predicted octanol–water partition coefficient (Wildman–Crippen LogP) is 3.76. The molecule has 4 aromatic rings. The molecule has 0 aliphatic heterocycles. The van der Waals surface area contributed by atoms with E-state index in [9.17, 15) is 19.2 Å². The van der Waals surface area contributed by atoms with Gasteiger partial charge in [-0.25, -0.2) is 10.9 Å². The van der Waals surface area contributed by atoms with Gasteiger partial charge in [0.1, 0.15) is 0 Å². The van der Waals surface area contributed by atoms with E-state index >= 15 is 0 Å². The number of benzene rings is 2. The summed E-state index contributed by atoms with van der Waals surface area (Å²) in [4.78, 5) is 48.4. The number of furan rings is 2. The zero-order valence-corrected chi connectivity index (χ0v) is 21.4. The summed E-state index contributed by atoms with van der Waals surface area (Å²) in [6.07, 6.45) is 2.82. The number of nitrogens with zero attached hydrogens (tertiary/aromatic N) is 2. The molecule has 0 atom stereocenters. The fourth-order valence-corrected chi connectivity index (χ4v) is 3.29. The van der Waals surface area contributed by atoms with Gasteiger partial charge in [-0.15, -0.1) is 0 Å². The van der Waals surface area contributed by atoms with E-state index in [4.69, 9.17) is 8.83 Å². The van der Waals surface area contributed by atoms with Gasteiger partial charge in [-0.1, -0.05) is 24.3 Å². The van der Waals surface area contributed by atoms with Gasteiger partial charge < -0.3 is 19.5 Å². The van der Waals surface area contributed by atoms with Crippen molar-refractivity contribution < 1.29 is 28.0 Å². The van der Waals surface area contributed by atoms with Crippen molar-refractivity contribution in [3.63, 3.8) is 0 Å². The molecule has 12 heteroatoms. The highest BCUT2D eigenvalue weighted by Gasteiger charge is 2.14. The highest BCUT2D eigenvalue weighted by Crippen LogP contribution is 2.14. The molecule has 0 bridgehead atoms. The number of anilines is 2. The molecular formula is C28H24N6O6. The standard InChI is InChI=1S/C28H24N6O6/c1-17(19-7-11-21(12-8-19)29-25(35)23-5-3-15-39-23)31-33-27(37)28(38)34-32-18(2)20-9-13-22(14-10-20)30-26(36)24-6-4-16-40-24/h3-16H,1-2H3,(H,29,35)(H,30,36)(H,33,37)(H,34,38)/b31-17+,32-18+. The van der Waals surface area contributed by atoms with Gasteiger partial charge in [-0.2, -0.15) is 10.2 Å². The average molecular weight is 541 g/mol. The monoisotopic (exact) mass is 540 g/mol. The third-order valence-electron chi connectivity index (χ3n) is 5.47. The maximum absolute atomic E-state index is 12.2. The Morgan fingerprint density at radius 1 is 0.575 bits per heavy atom. The smallest absolute Gasteiger partial charge is 0.331 e. The lowest BCUT2D eigenvalue weighted by atomic mass is 10.1. The first-order valence-corrected chi connectivity index (χ1v) is 11.9. The number of nitrogens with one attached hydrogen (secondary N) is 4. The summed E-state index contributed by atoms with van der Waals surface area (Å²) in [7, 11) is 0. The number of hydrogen-bond donors (Lipinski definition) is 4. The number of rotatable bonds is 8. The predicted molar refractivity (Wildman–Crippen MR) is 147 cm³/mol. The normalized spacial score (nSPS) is 11.4. The van der Waals surface area contributed by atoms with Crippen LogP contribution in [0.15, 0.2) is 104 Å². The van der Waals surface area contributed by atoms with Crippen molar-refractivity contribution in [3.05, 3.63) is 108 Å². The molecule has 40 heavy (non-hydrogen) atoms. The molecule has 0 fully saturated rings. The van der Waals surface area contributed by atoms with Gasteiger partial charge in [0.25, 0.3) is 11.8 Å². The van der Waals surface area contributed by atoms with Crippen molar-refractivity contribution in [1.29, 1.82) is 0 Å². The molecule has 2 heterocycles. The Morgan fingerprint density at radius 2 is 0.950 bits per heavy atom. The van der Waals surface area contributed by atoms with E-state index in [0.29, 0.717) is 33.9 Å². The lowest BCUT2D eigenvalue weighted by Gasteiger charge is -2.06. The minimum Gasteiger partial charge on any atom is -0.459 e. The molecule has 12 nitrogen and oxygen atoms in total. The van der Waals surface area contributed by atoms with E-state index < -0.39 is 11.8 Å². The maximum Gasteiger partial charge on any atom is 0.331 e. The second-order valence-electron chi connectivity index (χ2n) is 8.29. The van der Waals surface area contributed by atoms with Crippen LogP contribution in [0.4, 0.5) is 11.4 Å². The number of carbonyl (C=O) groups excluding carboxylic acids is 4. The molecule has 2 aromatic carbocycles. The van der Waals surface area contributed by atoms with Crippen LogP contribution in [-0.4, -0.2) is 35.1 Å². The minimum absolute atomic E-state index is 0.187. The summed E-state index contributed by atoms with van der Waals surface area (Å²) < 4.78 is 10.1. The summed E-state index contributed by atoms with van der Waals surface area (Å²) in [5.74, 6) is -2.40. The highest BCUT2D eigenvalue weighted by atomic mass is 16.3.